The van der Waals surface area contributed by atoms with E-state index in [1.807, 2.05) is 0 Å². The van der Waals surface area contributed by atoms with Crippen molar-refractivity contribution in [3.8, 4) is 0 Å². The summed E-state index contributed by atoms with van der Waals surface area (Å²) in [6, 6.07) is -1.20. The molecule has 1 rings (SSSR count). The highest BCUT2D eigenvalue weighted by Gasteiger charge is 2.44. The van der Waals surface area contributed by atoms with Gasteiger partial charge < -0.3 is 50.5 Å². The van der Waals surface area contributed by atoms with Crippen molar-refractivity contribution in [1.82, 2.24) is 5.32 Å². The maximum Gasteiger partial charge on any atom is 0.249 e. The van der Waals surface area contributed by atoms with Crippen molar-refractivity contribution >= 4 is 5.91 Å². The Morgan fingerprint density at radius 2 is 0.714 bits per heavy atom. The lowest BCUT2D eigenvalue weighted by atomic mass is 9.98. The van der Waals surface area contributed by atoms with Crippen LogP contribution in [0.3, 0.4) is 0 Å². The van der Waals surface area contributed by atoms with Crippen LogP contribution in [0.1, 0.15) is 341 Å². The zero-order chi connectivity index (χ0) is 61.0. The fourth-order valence-electron chi connectivity index (χ4n) is 11.5. The summed E-state index contributed by atoms with van der Waals surface area (Å²) in [7, 11) is 0. The van der Waals surface area contributed by atoms with E-state index in [9.17, 15) is 40.5 Å². The van der Waals surface area contributed by atoms with Crippen molar-refractivity contribution in [3.05, 3.63) is 48.6 Å². The molecule has 0 aliphatic carbocycles. The Morgan fingerprint density at radius 3 is 1.06 bits per heavy atom. The average molecular weight is 1190 g/mol. The Labute approximate surface area is 517 Å². The first-order valence-electron chi connectivity index (χ1n) is 36.0. The summed E-state index contributed by atoms with van der Waals surface area (Å²) in [5.41, 5.74) is 0. The molecule has 9 unspecified atom stereocenters. The number of aliphatic hydroxyl groups excluding tert-OH is 7. The molecule has 84 heavy (non-hydrogen) atoms. The molecular weight excluding hydrogens is 1050 g/mol. The van der Waals surface area contributed by atoms with Gasteiger partial charge in [0.25, 0.3) is 0 Å². The Balaban J connectivity index is 2.23. The van der Waals surface area contributed by atoms with Crippen molar-refractivity contribution in [2.24, 2.45) is 0 Å². The van der Waals surface area contributed by atoms with E-state index in [-0.39, 0.29) is 12.8 Å². The lowest BCUT2D eigenvalue weighted by Gasteiger charge is -2.40. The van der Waals surface area contributed by atoms with Crippen LogP contribution in [-0.2, 0) is 14.3 Å². The van der Waals surface area contributed by atoms with Gasteiger partial charge in [-0.05, 0) is 89.9 Å². The molecule has 1 aliphatic heterocycles. The van der Waals surface area contributed by atoms with Crippen LogP contribution in [0.25, 0.3) is 0 Å². The number of ether oxygens (including phenoxy) is 2. The van der Waals surface area contributed by atoms with Crippen LogP contribution in [0.15, 0.2) is 48.6 Å². The molecule has 494 valence electrons. The number of nitrogens with one attached hydrogen (secondary N) is 1. The number of hydrogen-bond donors (Lipinski definition) is 8. The summed E-state index contributed by atoms with van der Waals surface area (Å²) in [4.78, 5) is 13.3. The van der Waals surface area contributed by atoms with E-state index in [0.29, 0.717) is 19.3 Å². The summed E-state index contributed by atoms with van der Waals surface area (Å²) in [5, 5.41) is 76.5. The number of unbranched alkanes of at least 4 members (excludes halogenated alkanes) is 43. The Kier molecular flexibility index (Phi) is 58.5. The summed E-state index contributed by atoms with van der Waals surface area (Å²) < 4.78 is 11.2. The van der Waals surface area contributed by atoms with Gasteiger partial charge in [-0.25, -0.2) is 0 Å². The molecule has 9 atom stereocenters. The van der Waals surface area contributed by atoms with Crippen molar-refractivity contribution < 1.29 is 50.0 Å². The number of allylic oxidation sites excluding steroid dienone is 8. The quantitative estimate of drug-likeness (QED) is 0.0215. The molecule has 0 aromatic rings. The van der Waals surface area contributed by atoms with Gasteiger partial charge in [0, 0.05) is 0 Å². The van der Waals surface area contributed by atoms with E-state index in [1.165, 1.54) is 250 Å². The van der Waals surface area contributed by atoms with Gasteiger partial charge in [0.2, 0.25) is 5.91 Å². The first-order valence-corrected chi connectivity index (χ1v) is 36.0. The highest BCUT2D eigenvalue weighted by Crippen LogP contribution is 2.24. The third-order valence-electron chi connectivity index (χ3n) is 17.3. The predicted molar refractivity (Wildman–Crippen MR) is 353 cm³/mol. The van der Waals surface area contributed by atoms with Crippen molar-refractivity contribution in [2.75, 3.05) is 13.2 Å². The molecule has 0 aromatic carbocycles. The first-order chi connectivity index (χ1) is 41.2. The Bertz CT molecular complexity index is 1510. The van der Waals surface area contributed by atoms with Crippen molar-refractivity contribution in [1.29, 1.82) is 0 Å². The van der Waals surface area contributed by atoms with E-state index in [1.54, 1.807) is 0 Å². The van der Waals surface area contributed by atoms with Gasteiger partial charge in [-0.15, -0.1) is 0 Å². The molecule has 1 aliphatic rings. The van der Waals surface area contributed by atoms with Crippen LogP contribution >= 0.6 is 0 Å². The standard InChI is InChI=1S/C73H137NO10/c1-3-5-7-9-11-13-15-17-19-21-23-25-27-29-31-32-33-35-37-39-41-43-45-47-49-51-53-55-57-59-61-66(77)72(82)74-64(63-83-73-71(81)70(80)69(79)67(62-75)84-73)68(78)65(76)60-58-56-54-52-50-48-46-44-42-40-38-36-34-30-28-26-24-22-20-18-16-14-12-10-8-6-4-2/h29,31,36,38,44,46,52,54,64-71,73,75-81H,3-28,30,32-35,37,39-43,45,47-51,53,55-63H2,1-2H3,(H,74,82)/b31-29-,38-36+,46-44+,54-52+. The van der Waals surface area contributed by atoms with Gasteiger partial charge in [-0.2, -0.15) is 0 Å². The van der Waals surface area contributed by atoms with Crippen LogP contribution in [-0.4, -0.2) is 110 Å². The zero-order valence-electron chi connectivity index (χ0n) is 54.6. The third-order valence-corrected chi connectivity index (χ3v) is 17.3. The summed E-state index contributed by atoms with van der Waals surface area (Å²) >= 11 is 0. The van der Waals surface area contributed by atoms with E-state index >= 15 is 0 Å². The summed E-state index contributed by atoms with van der Waals surface area (Å²) in [6.07, 6.45) is 69.2. The smallest absolute Gasteiger partial charge is 0.249 e. The van der Waals surface area contributed by atoms with Gasteiger partial charge in [-0.3, -0.25) is 4.79 Å². The summed E-state index contributed by atoms with van der Waals surface area (Å²) in [6.45, 7) is 3.49. The fourth-order valence-corrected chi connectivity index (χ4v) is 11.5. The minimum atomic E-state index is -1.67. The maximum absolute atomic E-state index is 13.3. The monoisotopic (exact) mass is 1190 g/mol. The predicted octanol–water partition coefficient (Wildman–Crippen LogP) is 17.5. The largest absolute Gasteiger partial charge is 0.394 e. The second-order valence-corrected chi connectivity index (χ2v) is 25.3. The highest BCUT2D eigenvalue weighted by atomic mass is 16.7. The highest BCUT2D eigenvalue weighted by molar-refractivity contribution is 5.80. The number of carbonyl (C=O) groups excluding carboxylic acids is 1. The van der Waals surface area contributed by atoms with Gasteiger partial charge in [-0.1, -0.05) is 300 Å². The first kappa shape index (κ1) is 80.1. The zero-order valence-corrected chi connectivity index (χ0v) is 54.6. The van der Waals surface area contributed by atoms with Gasteiger partial charge in [0.1, 0.15) is 36.6 Å². The Hall–Kier alpha value is -1.93. The molecule has 11 heteroatoms. The molecular formula is C73H137NO10. The van der Waals surface area contributed by atoms with Gasteiger partial charge in [0.05, 0.1) is 25.4 Å². The second kappa shape index (κ2) is 61.3. The van der Waals surface area contributed by atoms with Crippen molar-refractivity contribution in [3.63, 3.8) is 0 Å². The van der Waals surface area contributed by atoms with Gasteiger partial charge >= 0.3 is 0 Å². The number of aliphatic hydroxyl groups is 7. The fraction of sp³-hybridized carbons (Fsp3) is 0.877. The van der Waals surface area contributed by atoms with E-state index in [2.05, 4.69) is 67.8 Å². The SMILES string of the molecule is CCCCCCCCCCCCCC/C=C\CCCCCCCCCCCCCCCCC(O)C(=O)NC(COC1OC(CO)C(O)C(O)C1O)C(O)C(O)CCC/C=C/CC/C=C/CC/C=C/CCCCCCCCCCCCCCCC. The molecule has 11 nitrogen and oxygen atoms in total. The van der Waals surface area contributed by atoms with Crippen LogP contribution in [0.5, 0.6) is 0 Å². The van der Waals surface area contributed by atoms with E-state index in [4.69, 9.17) is 9.47 Å². The number of hydrogen-bond acceptors (Lipinski definition) is 10. The number of amides is 1. The molecule has 0 aromatic heterocycles. The molecule has 0 radical (unpaired) electrons. The van der Waals surface area contributed by atoms with E-state index < -0.39 is 74.2 Å². The normalized spacial score (nSPS) is 19.2. The molecule has 1 heterocycles. The molecule has 0 saturated carbocycles. The molecule has 1 amide bonds. The van der Waals surface area contributed by atoms with Crippen LogP contribution in [0.4, 0.5) is 0 Å². The van der Waals surface area contributed by atoms with Gasteiger partial charge in [0.15, 0.2) is 6.29 Å². The van der Waals surface area contributed by atoms with Crippen molar-refractivity contribution in [2.45, 2.75) is 396 Å². The molecule has 0 spiro atoms. The third kappa shape index (κ3) is 48.1. The number of rotatable bonds is 63. The number of carbonyl (C=O) groups is 1. The van der Waals surface area contributed by atoms with E-state index in [0.717, 1.165) is 44.9 Å². The topological polar surface area (TPSA) is 189 Å². The minimum absolute atomic E-state index is 0.241. The second-order valence-electron chi connectivity index (χ2n) is 25.3. The molecule has 0 bridgehead atoms. The molecule has 1 fully saturated rings. The van der Waals surface area contributed by atoms with Crippen LogP contribution in [0, 0.1) is 0 Å². The molecule has 8 N–H and O–H groups in total. The van der Waals surface area contributed by atoms with Crippen LogP contribution in [0.2, 0.25) is 0 Å². The maximum atomic E-state index is 13.3. The minimum Gasteiger partial charge on any atom is -0.394 e. The molecule has 1 saturated heterocycles. The Morgan fingerprint density at radius 1 is 0.405 bits per heavy atom. The lowest BCUT2D eigenvalue weighted by Crippen LogP contribution is -2.60. The van der Waals surface area contributed by atoms with Crippen LogP contribution < -0.4 is 5.32 Å². The lowest BCUT2D eigenvalue weighted by molar-refractivity contribution is -0.303. The average Bonchev–Trinajstić information content (AvgIpc) is 3.66. The summed E-state index contributed by atoms with van der Waals surface area (Å²) in [5.74, 6) is -0.708.